The van der Waals surface area contributed by atoms with Crippen molar-refractivity contribution < 1.29 is 23.9 Å². The van der Waals surface area contributed by atoms with Crippen LogP contribution in [-0.4, -0.2) is 52.8 Å². The molecule has 2 aliphatic rings. The topological polar surface area (TPSA) is 79.7 Å². The SMILES string of the molecule is C[N+](C(=O)c1cccc(Cl)c1Cl)(C1CCN(c2ccncc2)CC1)C1CCc2ccc(OC(=O)O)cc21. The zero-order chi connectivity index (χ0) is 26.2. The number of aryl methyl sites for hydroxylation is 1. The number of rotatable bonds is 5. The Balaban J connectivity index is 1.53. The van der Waals surface area contributed by atoms with Crippen LogP contribution in [0.5, 0.6) is 5.75 Å². The lowest BCUT2D eigenvalue weighted by molar-refractivity contribution is -0.887. The van der Waals surface area contributed by atoms with Crippen LogP contribution in [0.4, 0.5) is 10.5 Å². The average Bonchev–Trinajstić information content (AvgIpc) is 3.33. The average molecular weight is 541 g/mol. The summed E-state index contributed by atoms with van der Waals surface area (Å²) in [5, 5.41) is 9.74. The molecule has 1 amide bonds. The third-order valence-electron chi connectivity index (χ3n) is 7.89. The predicted octanol–water partition coefficient (Wildman–Crippen LogP) is 6.39. The van der Waals surface area contributed by atoms with Crippen molar-refractivity contribution in [1.29, 1.82) is 0 Å². The molecule has 192 valence electrons. The fraction of sp³-hybridized carbons (Fsp3) is 0.321. The molecule has 0 bridgehead atoms. The van der Waals surface area contributed by atoms with E-state index >= 15 is 0 Å². The number of ether oxygens (including phenoxy) is 1. The standard InChI is InChI=1S/C28H27Cl2N3O4/c1-33(27(34)22-3-2-4-24(29)26(22)30,20-11-15-32(16-12-20)19-9-13-31-14-10-19)25-8-6-18-5-7-21(17-23(18)25)37-28(35)36/h2-5,7,9-10,13-14,17,20,25H,6,8,11-12,15-16H2,1H3/p+1. The lowest BCUT2D eigenvalue weighted by Crippen LogP contribution is -2.60. The molecule has 7 nitrogen and oxygen atoms in total. The van der Waals surface area contributed by atoms with Crippen LogP contribution in [-0.2, 0) is 6.42 Å². The number of piperidine rings is 1. The third-order valence-corrected chi connectivity index (χ3v) is 8.71. The van der Waals surface area contributed by atoms with Crippen LogP contribution >= 0.6 is 23.2 Å². The fourth-order valence-corrected chi connectivity index (χ4v) is 6.37. The number of anilines is 1. The number of carboxylic acid groups (broad SMARTS) is 1. The van der Waals surface area contributed by atoms with Crippen LogP contribution in [0.3, 0.4) is 0 Å². The van der Waals surface area contributed by atoms with E-state index in [9.17, 15) is 9.59 Å². The van der Waals surface area contributed by atoms with Crippen LogP contribution in [0, 0.1) is 0 Å². The Labute approximate surface area is 225 Å². The summed E-state index contributed by atoms with van der Waals surface area (Å²) in [4.78, 5) is 32.1. The summed E-state index contributed by atoms with van der Waals surface area (Å²) < 4.78 is 5.10. The van der Waals surface area contributed by atoms with Gasteiger partial charge in [-0.25, -0.2) is 14.1 Å². The molecule has 0 spiro atoms. The van der Waals surface area contributed by atoms with Gasteiger partial charge in [-0.1, -0.05) is 35.3 Å². The third kappa shape index (κ3) is 4.79. The Hall–Kier alpha value is -3.13. The highest BCUT2D eigenvalue weighted by Crippen LogP contribution is 2.46. The molecule has 1 N–H and O–H groups in total. The van der Waals surface area contributed by atoms with E-state index < -0.39 is 6.16 Å². The molecule has 2 aromatic carbocycles. The number of nitrogens with zero attached hydrogens (tertiary/aromatic N) is 3. The molecule has 3 aromatic rings. The summed E-state index contributed by atoms with van der Waals surface area (Å²) in [6.07, 6.45) is 5.39. The van der Waals surface area contributed by atoms with Gasteiger partial charge < -0.3 is 14.7 Å². The van der Waals surface area contributed by atoms with Crippen molar-refractivity contribution in [3.8, 4) is 5.75 Å². The molecule has 1 aromatic heterocycles. The largest absolute Gasteiger partial charge is 0.511 e. The molecule has 1 fully saturated rings. The highest BCUT2D eigenvalue weighted by molar-refractivity contribution is 6.43. The second kappa shape index (κ2) is 10.3. The fourth-order valence-electron chi connectivity index (χ4n) is 5.99. The van der Waals surface area contributed by atoms with Gasteiger partial charge in [0.05, 0.1) is 28.7 Å². The van der Waals surface area contributed by atoms with Gasteiger partial charge in [0, 0.05) is 56.0 Å². The first kappa shape index (κ1) is 25.5. The highest BCUT2D eigenvalue weighted by atomic mass is 35.5. The Kier molecular flexibility index (Phi) is 7.12. The lowest BCUT2D eigenvalue weighted by atomic mass is 9.93. The van der Waals surface area contributed by atoms with E-state index in [4.69, 9.17) is 33.0 Å². The Morgan fingerprint density at radius 2 is 1.78 bits per heavy atom. The summed E-state index contributed by atoms with van der Waals surface area (Å²) in [6.45, 7) is 1.61. The van der Waals surface area contributed by atoms with Crippen molar-refractivity contribution >= 4 is 41.0 Å². The van der Waals surface area contributed by atoms with Gasteiger partial charge in [-0.15, -0.1) is 0 Å². The Bertz CT molecular complexity index is 1330. The molecule has 2 heterocycles. The number of aromatic nitrogens is 1. The van der Waals surface area contributed by atoms with Gasteiger partial charge in [0.25, 0.3) is 0 Å². The van der Waals surface area contributed by atoms with E-state index in [1.165, 1.54) is 0 Å². The number of carbonyl (C=O) groups excluding carboxylic acids is 1. The zero-order valence-corrected chi connectivity index (χ0v) is 22.0. The van der Waals surface area contributed by atoms with E-state index in [0.29, 0.717) is 10.6 Å². The zero-order valence-electron chi connectivity index (χ0n) is 20.4. The van der Waals surface area contributed by atoms with E-state index in [1.54, 1.807) is 42.7 Å². The molecule has 2 atom stereocenters. The number of benzene rings is 2. The first-order valence-electron chi connectivity index (χ1n) is 12.3. The van der Waals surface area contributed by atoms with Gasteiger partial charge in [0.1, 0.15) is 11.8 Å². The number of pyridine rings is 1. The van der Waals surface area contributed by atoms with E-state index in [-0.39, 0.29) is 33.2 Å². The summed E-state index contributed by atoms with van der Waals surface area (Å²) in [6, 6.07) is 14.4. The van der Waals surface area contributed by atoms with E-state index in [2.05, 4.69) is 9.88 Å². The molecule has 1 saturated heterocycles. The lowest BCUT2D eigenvalue weighted by Gasteiger charge is -2.47. The van der Waals surface area contributed by atoms with Crippen molar-refractivity contribution in [2.45, 2.75) is 37.8 Å². The molecule has 37 heavy (non-hydrogen) atoms. The maximum Gasteiger partial charge on any atom is 0.511 e. The molecule has 1 aliphatic heterocycles. The molecule has 9 heteroatoms. The normalized spacial score (nSPS) is 19.2. The number of fused-ring (bicyclic) bond motifs is 1. The highest BCUT2D eigenvalue weighted by Gasteiger charge is 2.51. The van der Waals surface area contributed by atoms with Gasteiger partial charge in [-0.3, -0.25) is 4.98 Å². The minimum atomic E-state index is -1.36. The maximum atomic E-state index is 14.4. The van der Waals surface area contributed by atoms with Crippen LogP contribution < -0.4 is 9.64 Å². The second-order valence-corrected chi connectivity index (χ2v) is 10.5. The minimum absolute atomic E-state index is 0.0284. The van der Waals surface area contributed by atoms with Crippen molar-refractivity contribution in [2.24, 2.45) is 0 Å². The predicted molar refractivity (Wildman–Crippen MR) is 143 cm³/mol. The summed E-state index contributed by atoms with van der Waals surface area (Å²) in [5.41, 5.74) is 3.57. The molecule has 2 unspecified atom stereocenters. The van der Waals surface area contributed by atoms with Gasteiger partial charge in [-0.05, 0) is 48.4 Å². The minimum Gasteiger partial charge on any atom is -0.449 e. The molecular weight excluding hydrogens is 513 g/mol. The number of quaternary nitrogens is 1. The smallest absolute Gasteiger partial charge is 0.449 e. The number of halogens is 2. The monoisotopic (exact) mass is 540 g/mol. The first-order valence-corrected chi connectivity index (χ1v) is 13.1. The molecule has 5 rings (SSSR count). The number of hydrogen-bond acceptors (Lipinski definition) is 5. The summed E-state index contributed by atoms with van der Waals surface area (Å²) in [7, 11) is 2.00. The Morgan fingerprint density at radius 1 is 1.05 bits per heavy atom. The van der Waals surface area contributed by atoms with E-state index in [0.717, 1.165) is 55.6 Å². The quantitative estimate of drug-likeness (QED) is 0.229. The molecule has 1 aliphatic carbocycles. The van der Waals surface area contributed by atoms with Crippen molar-refractivity contribution in [1.82, 2.24) is 4.98 Å². The maximum absolute atomic E-state index is 14.4. The van der Waals surface area contributed by atoms with Gasteiger partial charge >= 0.3 is 12.1 Å². The molecule has 0 saturated carbocycles. The van der Waals surface area contributed by atoms with Gasteiger partial charge in [-0.2, -0.15) is 0 Å². The Morgan fingerprint density at radius 3 is 2.49 bits per heavy atom. The number of carbonyl (C=O) groups is 2. The molecule has 0 radical (unpaired) electrons. The van der Waals surface area contributed by atoms with Crippen LogP contribution in [0.15, 0.2) is 60.9 Å². The summed E-state index contributed by atoms with van der Waals surface area (Å²) in [5.74, 6) is 0.169. The van der Waals surface area contributed by atoms with Crippen molar-refractivity contribution in [3.63, 3.8) is 0 Å². The van der Waals surface area contributed by atoms with Gasteiger partial charge in [0.15, 0.2) is 0 Å². The first-order chi connectivity index (χ1) is 17.8. The van der Waals surface area contributed by atoms with Crippen LogP contribution in [0.2, 0.25) is 10.0 Å². The van der Waals surface area contributed by atoms with Crippen molar-refractivity contribution in [2.75, 3.05) is 25.0 Å². The van der Waals surface area contributed by atoms with Crippen LogP contribution in [0.25, 0.3) is 0 Å². The number of amides is 1. The van der Waals surface area contributed by atoms with Crippen LogP contribution in [0.1, 0.15) is 46.8 Å². The van der Waals surface area contributed by atoms with Crippen molar-refractivity contribution in [3.05, 3.63) is 87.7 Å². The number of hydrogen-bond donors (Lipinski definition) is 1. The molecular formula is C28H28Cl2N3O4+. The van der Waals surface area contributed by atoms with E-state index in [1.807, 2.05) is 25.2 Å². The second-order valence-electron chi connectivity index (χ2n) is 9.76. The summed E-state index contributed by atoms with van der Waals surface area (Å²) >= 11 is 12.9. The van der Waals surface area contributed by atoms with Gasteiger partial charge in [0.2, 0.25) is 0 Å².